The molecule has 1 N–H and O–H groups in total. The third-order valence-corrected chi connectivity index (χ3v) is 4.82. The summed E-state index contributed by atoms with van der Waals surface area (Å²) in [5.41, 5.74) is 4.61. The first kappa shape index (κ1) is 16.5. The van der Waals surface area contributed by atoms with Gasteiger partial charge < -0.3 is 10.2 Å². The highest BCUT2D eigenvalue weighted by Crippen LogP contribution is 2.22. The Morgan fingerprint density at radius 3 is 2.67 bits per heavy atom. The molecule has 0 fully saturated rings. The lowest BCUT2D eigenvalue weighted by Crippen LogP contribution is -2.28. The fourth-order valence-electron chi connectivity index (χ4n) is 3.29. The van der Waals surface area contributed by atoms with Crippen molar-refractivity contribution in [1.82, 2.24) is 10.2 Å². The van der Waals surface area contributed by atoms with E-state index in [4.69, 9.17) is 0 Å². The minimum Gasteiger partial charge on any atom is -0.310 e. The molecule has 0 saturated heterocycles. The van der Waals surface area contributed by atoms with E-state index in [-0.39, 0.29) is 0 Å². The van der Waals surface area contributed by atoms with Gasteiger partial charge in [-0.2, -0.15) is 0 Å². The van der Waals surface area contributed by atoms with Crippen LogP contribution in [0.25, 0.3) is 0 Å². The predicted molar refractivity (Wildman–Crippen MR) is 91.8 cm³/mol. The summed E-state index contributed by atoms with van der Waals surface area (Å²) in [4.78, 5) is 2.51. The quantitative estimate of drug-likeness (QED) is 0.744. The summed E-state index contributed by atoms with van der Waals surface area (Å²) in [6.07, 6.45) is 6.46. The summed E-state index contributed by atoms with van der Waals surface area (Å²) in [6, 6.07) is 7.66. The number of benzene rings is 1. The molecular formula is C19H32N2. The highest BCUT2D eigenvalue weighted by atomic mass is 15.1. The average molecular weight is 288 g/mol. The van der Waals surface area contributed by atoms with Crippen LogP contribution in [0.1, 0.15) is 56.7 Å². The van der Waals surface area contributed by atoms with Crippen LogP contribution < -0.4 is 5.32 Å². The third-order valence-electron chi connectivity index (χ3n) is 4.82. The largest absolute Gasteiger partial charge is 0.310 e. The first-order valence-corrected chi connectivity index (χ1v) is 8.79. The molecule has 0 radical (unpaired) electrons. The van der Waals surface area contributed by atoms with Crippen LogP contribution in [0.3, 0.4) is 0 Å². The van der Waals surface area contributed by atoms with Crippen LogP contribution >= 0.6 is 0 Å². The zero-order chi connectivity index (χ0) is 15.1. The van der Waals surface area contributed by atoms with E-state index in [0.717, 1.165) is 6.54 Å². The summed E-state index contributed by atoms with van der Waals surface area (Å²) < 4.78 is 0. The number of nitrogens with one attached hydrogen (secondary N) is 1. The molecular weight excluding hydrogens is 256 g/mol. The van der Waals surface area contributed by atoms with E-state index in [0.29, 0.717) is 6.04 Å². The summed E-state index contributed by atoms with van der Waals surface area (Å²) in [5.74, 6) is 0. The summed E-state index contributed by atoms with van der Waals surface area (Å²) in [5, 5.41) is 3.68. The van der Waals surface area contributed by atoms with Gasteiger partial charge in [0.25, 0.3) is 0 Å². The Kier molecular flexibility index (Phi) is 6.72. The molecule has 2 heteroatoms. The Morgan fingerprint density at radius 1 is 1.14 bits per heavy atom. The second kappa shape index (κ2) is 8.55. The molecule has 0 heterocycles. The fourth-order valence-corrected chi connectivity index (χ4v) is 3.29. The smallest absolute Gasteiger partial charge is 0.0208 e. The van der Waals surface area contributed by atoms with Crippen molar-refractivity contribution in [3.63, 3.8) is 0 Å². The van der Waals surface area contributed by atoms with Gasteiger partial charge in [0.15, 0.2) is 0 Å². The van der Waals surface area contributed by atoms with Gasteiger partial charge in [-0.3, -0.25) is 0 Å². The van der Waals surface area contributed by atoms with E-state index in [1.807, 2.05) is 0 Å². The lowest BCUT2D eigenvalue weighted by Gasteiger charge is -2.20. The molecule has 0 saturated carbocycles. The van der Waals surface area contributed by atoms with Gasteiger partial charge in [0.05, 0.1) is 0 Å². The molecule has 118 valence electrons. The molecule has 1 unspecified atom stereocenters. The zero-order valence-electron chi connectivity index (χ0n) is 14.1. The van der Waals surface area contributed by atoms with Gasteiger partial charge in [-0.05, 0) is 75.4 Å². The fraction of sp³-hybridized carbons (Fsp3) is 0.684. The molecule has 0 bridgehead atoms. The molecule has 0 aliphatic heterocycles. The SMILES string of the molecule is CCN(CC)CCCC(C)NCc1ccc2c(c1)CCC2. The van der Waals surface area contributed by atoms with Crippen molar-refractivity contribution in [1.29, 1.82) is 0 Å². The number of aryl methyl sites for hydroxylation is 2. The van der Waals surface area contributed by atoms with Gasteiger partial charge >= 0.3 is 0 Å². The highest BCUT2D eigenvalue weighted by Gasteiger charge is 2.11. The molecule has 0 spiro atoms. The number of rotatable bonds is 9. The summed E-state index contributed by atoms with van der Waals surface area (Å²) in [6.45, 7) is 11.4. The van der Waals surface area contributed by atoms with Gasteiger partial charge in [0.2, 0.25) is 0 Å². The maximum Gasteiger partial charge on any atom is 0.0208 e. The number of nitrogens with zero attached hydrogens (tertiary/aromatic N) is 1. The molecule has 1 atom stereocenters. The molecule has 2 rings (SSSR count). The Bertz CT molecular complexity index is 424. The van der Waals surface area contributed by atoms with Crippen LogP contribution in [0.15, 0.2) is 18.2 Å². The third kappa shape index (κ3) is 5.12. The van der Waals surface area contributed by atoms with Crippen LogP contribution in [-0.2, 0) is 19.4 Å². The molecule has 1 aromatic carbocycles. The van der Waals surface area contributed by atoms with Gasteiger partial charge in [0, 0.05) is 12.6 Å². The van der Waals surface area contributed by atoms with E-state index >= 15 is 0 Å². The van der Waals surface area contributed by atoms with Gasteiger partial charge in [-0.1, -0.05) is 32.0 Å². The first-order chi connectivity index (χ1) is 10.2. The predicted octanol–water partition coefficient (Wildman–Crippen LogP) is 3.78. The minimum absolute atomic E-state index is 0.605. The van der Waals surface area contributed by atoms with Crippen LogP contribution in [0.2, 0.25) is 0 Å². The van der Waals surface area contributed by atoms with Crippen molar-refractivity contribution in [3.8, 4) is 0 Å². The maximum atomic E-state index is 3.68. The van der Waals surface area contributed by atoms with Crippen molar-refractivity contribution in [2.45, 2.75) is 65.5 Å². The lowest BCUT2D eigenvalue weighted by atomic mass is 10.1. The Hall–Kier alpha value is -0.860. The Morgan fingerprint density at radius 2 is 1.90 bits per heavy atom. The van der Waals surface area contributed by atoms with Gasteiger partial charge in [-0.15, -0.1) is 0 Å². The summed E-state index contributed by atoms with van der Waals surface area (Å²) >= 11 is 0. The molecule has 1 aliphatic rings. The van der Waals surface area contributed by atoms with Crippen LogP contribution in [-0.4, -0.2) is 30.6 Å². The molecule has 0 aromatic heterocycles. The van der Waals surface area contributed by atoms with E-state index < -0.39 is 0 Å². The molecule has 21 heavy (non-hydrogen) atoms. The lowest BCUT2D eigenvalue weighted by molar-refractivity contribution is 0.290. The second-order valence-electron chi connectivity index (χ2n) is 6.41. The second-order valence-corrected chi connectivity index (χ2v) is 6.41. The standard InChI is InChI=1S/C19H32N2/c1-4-21(5-2)13-7-8-16(3)20-15-17-11-12-18-9-6-10-19(18)14-17/h11-12,14,16,20H,4-10,13,15H2,1-3H3. The van der Waals surface area contributed by atoms with E-state index in [1.165, 1.54) is 57.3 Å². The normalized spacial score (nSPS) is 15.4. The Balaban J connectivity index is 1.68. The number of hydrogen-bond acceptors (Lipinski definition) is 2. The summed E-state index contributed by atoms with van der Waals surface area (Å²) in [7, 11) is 0. The van der Waals surface area contributed by atoms with Crippen LogP contribution in [0.4, 0.5) is 0 Å². The first-order valence-electron chi connectivity index (χ1n) is 8.79. The molecule has 1 aliphatic carbocycles. The van der Waals surface area contributed by atoms with Crippen molar-refractivity contribution in [3.05, 3.63) is 34.9 Å². The minimum atomic E-state index is 0.605. The maximum absolute atomic E-state index is 3.68. The van der Waals surface area contributed by atoms with Crippen LogP contribution in [0.5, 0.6) is 0 Å². The van der Waals surface area contributed by atoms with Crippen molar-refractivity contribution in [2.24, 2.45) is 0 Å². The molecule has 1 aromatic rings. The van der Waals surface area contributed by atoms with E-state index in [2.05, 4.69) is 49.2 Å². The topological polar surface area (TPSA) is 15.3 Å². The van der Waals surface area contributed by atoms with Crippen molar-refractivity contribution < 1.29 is 0 Å². The number of fused-ring (bicyclic) bond motifs is 1. The van der Waals surface area contributed by atoms with Crippen molar-refractivity contribution >= 4 is 0 Å². The van der Waals surface area contributed by atoms with Gasteiger partial charge in [-0.25, -0.2) is 0 Å². The Labute approximate surface area is 130 Å². The van der Waals surface area contributed by atoms with Gasteiger partial charge in [0.1, 0.15) is 0 Å². The monoisotopic (exact) mass is 288 g/mol. The number of hydrogen-bond donors (Lipinski definition) is 1. The van der Waals surface area contributed by atoms with Crippen molar-refractivity contribution in [2.75, 3.05) is 19.6 Å². The van der Waals surface area contributed by atoms with Crippen LogP contribution in [0, 0.1) is 0 Å². The molecule has 0 amide bonds. The van der Waals surface area contributed by atoms with E-state index in [9.17, 15) is 0 Å². The highest BCUT2D eigenvalue weighted by molar-refractivity contribution is 5.35. The average Bonchev–Trinajstić information content (AvgIpc) is 2.97. The zero-order valence-corrected chi connectivity index (χ0v) is 14.1. The molecule has 2 nitrogen and oxygen atoms in total. The van der Waals surface area contributed by atoms with E-state index in [1.54, 1.807) is 11.1 Å².